The zero-order valence-electron chi connectivity index (χ0n) is 24.7. The Morgan fingerprint density at radius 3 is 1.77 bits per heavy atom. The van der Waals surface area contributed by atoms with E-state index in [9.17, 15) is 9.59 Å². The number of hydrogen-bond donors (Lipinski definition) is 1. The lowest BCUT2D eigenvalue weighted by molar-refractivity contribution is -0.698. The van der Waals surface area contributed by atoms with Gasteiger partial charge in [-0.05, 0) is 6.42 Å². The molecule has 0 aromatic carbocycles. The van der Waals surface area contributed by atoms with Crippen molar-refractivity contribution in [3.63, 3.8) is 0 Å². The number of rotatable bonds is 25. The lowest BCUT2D eigenvalue weighted by atomic mass is 10.0. The molecule has 0 aliphatic rings. The molecule has 0 saturated heterocycles. The molecule has 0 radical (unpaired) electrons. The lowest BCUT2D eigenvalue weighted by Crippen LogP contribution is -2.36. The average molecular weight is 552 g/mol. The normalized spacial score (nSPS) is 11.6. The predicted octanol–water partition coefficient (Wildman–Crippen LogP) is 7.13. The van der Waals surface area contributed by atoms with Crippen LogP contribution in [0.15, 0.2) is 30.6 Å². The first-order valence-electron chi connectivity index (χ1n) is 15.4. The largest absolute Gasteiger partial charge is 0.508 e. The summed E-state index contributed by atoms with van der Waals surface area (Å²) in [6.45, 7) is 3.61. The van der Waals surface area contributed by atoms with Crippen LogP contribution in [0.1, 0.15) is 110 Å². The molecule has 1 aromatic rings. The summed E-state index contributed by atoms with van der Waals surface area (Å²) >= 11 is 0. The molecule has 0 aliphatic carbocycles. The molecular formula is C31H55N2O6+. The topological polar surface area (TPSA) is 87.0 Å². The van der Waals surface area contributed by atoms with Crippen molar-refractivity contribution in [2.45, 2.75) is 122 Å². The van der Waals surface area contributed by atoms with Crippen molar-refractivity contribution in [2.75, 3.05) is 33.5 Å². The highest BCUT2D eigenvalue weighted by atomic mass is 16.7. The Bertz CT molecular complexity index is 704. The first-order chi connectivity index (χ1) is 19.2. The Hall–Kier alpha value is -2.35. The van der Waals surface area contributed by atoms with Gasteiger partial charge in [0.05, 0.1) is 6.61 Å². The molecule has 0 spiro atoms. The van der Waals surface area contributed by atoms with Crippen LogP contribution in [-0.4, -0.2) is 51.8 Å². The zero-order chi connectivity index (χ0) is 28.2. The fraction of sp³-hybridized carbons (Fsp3) is 0.774. The SMILES string of the molecule is CCCCCCCCCCCCCCCCCCOC[C@H](COC(=O)OCC[n+]1ccccc1)OC(=O)NC. The summed E-state index contributed by atoms with van der Waals surface area (Å²) in [5.41, 5.74) is 0. The molecule has 1 atom stereocenters. The number of carbonyl (C=O) groups is 2. The Morgan fingerprint density at radius 1 is 0.692 bits per heavy atom. The Labute approximate surface area is 237 Å². The van der Waals surface area contributed by atoms with Gasteiger partial charge in [-0.1, -0.05) is 109 Å². The number of aromatic nitrogens is 1. The van der Waals surface area contributed by atoms with E-state index in [1.54, 1.807) is 0 Å². The van der Waals surface area contributed by atoms with E-state index in [4.69, 9.17) is 18.9 Å². The number of alkyl carbamates (subject to hydrolysis) is 1. The van der Waals surface area contributed by atoms with E-state index in [1.165, 1.54) is 96.9 Å². The fourth-order valence-corrected chi connectivity index (χ4v) is 4.31. The van der Waals surface area contributed by atoms with Crippen LogP contribution in [0.2, 0.25) is 0 Å². The van der Waals surface area contributed by atoms with Crippen LogP contribution in [0.25, 0.3) is 0 Å². The number of nitrogens with zero attached hydrogens (tertiary/aromatic N) is 1. The summed E-state index contributed by atoms with van der Waals surface area (Å²) in [5.74, 6) is 0. The van der Waals surface area contributed by atoms with E-state index in [0.717, 1.165) is 12.8 Å². The Kier molecular flexibility index (Phi) is 23.0. The quantitative estimate of drug-likeness (QED) is 0.0790. The van der Waals surface area contributed by atoms with E-state index in [2.05, 4.69) is 12.2 Å². The van der Waals surface area contributed by atoms with Gasteiger partial charge in [-0.15, -0.1) is 0 Å². The second-order valence-electron chi connectivity index (χ2n) is 10.2. The summed E-state index contributed by atoms with van der Waals surface area (Å²) < 4.78 is 23.0. The Balaban J connectivity index is 1.99. The van der Waals surface area contributed by atoms with Crippen molar-refractivity contribution < 1.29 is 33.1 Å². The second-order valence-corrected chi connectivity index (χ2v) is 10.2. The molecule has 1 aromatic heterocycles. The minimum absolute atomic E-state index is 0.121. The van der Waals surface area contributed by atoms with Gasteiger partial charge in [0.25, 0.3) is 0 Å². The van der Waals surface area contributed by atoms with Crippen molar-refractivity contribution in [1.82, 2.24) is 5.32 Å². The number of unbranched alkanes of at least 4 members (excludes halogenated alkanes) is 15. The number of ether oxygens (including phenoxy) is 4. The third-order valence-electron chi connectivity index (χ3n) is 6.66. The minimum atomic E-state index is -0.796. The van der Waals surface area contributed by atoms with Gasteiger partial charge < -0.3 is 24.3 Å². The summed E-state index contributed by atoms with van der Waals surface area (Å²) in [5, 5.41) is 2.40. The van der Waals surface area contributed by atoms with Gasteiger partial charge in [0.2, 0.25) is 0 Å². The number of nitrogens with one attached hydrogen (secondary N) is 1. The standard InChI is InChI=1S/C31H54N2O6/c1-3-4-5-6-7-8-9-10-11-12-13-14-15-16-17-21-25-36-27-29(39-30(34)32-2)28-38-31(35)37-26-24-33-22-19-18-20-23-33/h18-20,22-23,29H,3-17,21,24-28H2,1-2H3/p+1/t29-/m1/s1. The molecule has 1 rings (SSSR count). The number of hydrogen-bond acceptors (Lipinski definition) is 6. The monoisotopic (exact) mass is 551 g/mol. The van der Waals surface area contributed by atoms with Gasteiger partial charge in [-0.2, -0.15) is 0 Å². The molecule has 1 N–H and O–H groups in total. The van der Waals surface area contributed by atoms with Crippen LogP contribution in [-0.2, 0) is 25.5 Å². The summed E-state index contributed by atoms with van der Waals surface area (Å²) in [4.78, 5) is 23.5. The third kappa shape index (κ3) is 22.2. The molecule has 1 amide bonds. The molecule has 39 heavy (non-hydrogen) atoms. The van der Waals surface area contributed by atoms with Crippen molar-refractivity contribution in [1.29, 1.82) is 0 Å². The van der Waals surface area contributed by atoms with E-state index < -0.39 is 18.4 Å². The van der Waals surface area contributed by atoms with E-state index in [1.807, 2.05) is 35.2 Å². The van der Waals surface area contributed by atoms with Crippen LogP contribution in [0, 0.1) is 0 Å². The van der Waals surface area contributed by atoms with E-state index in [-0.39, 0.29) is 19.8 Å². The highest BCUT2D eigenvalue weighted by molar-refractivity contribution is 5.67. The van der Waals surface area contributed by atoms with Gasteiger partial charge >= 0.3 is 12.2 Å². The van der Waals surface area contributed by atoms with Crippen molar-refractivity contribution in [2.24, 2.45) is 0 Å². The van der Waals surface area contributed by atoms with E-state index >= 15 is 0 Å². The lowest BCUT2D eigenvalue weighted by Gasteiger charge is -2.17. The van der Waals surface area contributed by atoms with Crippen LogP contribution >= 0.6 is 0 Å². The zero-order valence-corrected chi connectivity index (χ0v) is 24.7. The average Bonchev–Trinajstić information content (AvgIpc) is 2.95. The smallest absolute Gasteiger partial charge is 0.440 e. The fourth-order valence-electron chi connectivity index (χ4n) is 4.31. The van der Waals surface area contributed by atoms with E-state index in [0.29, 0.717) is 13.2 Å². The highest BCUT2D eigenvalue weighted by Crippen LogP contribution is 2.13. The minimum Gasteiger partial charge on any atom is -0.440 e. The second kappa shape index (κ2) is 25.9. The van der Waals surface area contributed by atoms with Crippen LogP contribution in [0.4, 0.5) is 9.59 Å². The van der Waals surface area contributed by atoms with Gasteiger partial charge in [0.1, 0.15) is 6.61 Å². The maximum atomic E-state index is 11.9. The van der Waals surface area contributed by atoms with Crippen molar-refractivity contribution in [3.05, 3.63) is 30.6 Å². The van der Waals surface area contributed by atoms with Gasteiger partial charge in [0, 0.05) is 25.8 Å². The molecule has 0 aliphatic heterocycles. The number of amides is 1. The van der Waals surface area contributed by atoms with Crippen molar-refractivity contribution in [3.8, 4) is 0 Å². The maximum Gasteiger partial charge on any atom is 0.508 e. The van der Waals surface area contributed by atoms with Crippen LogP contribution in [0.3, 0.4) is 0 Å². The molecule has 0 unspecified atom stereocenters. The highest BCUT2D eigenvalue weighted by Gasteiger charge is 2.17. The van der Waals surface area contributed by atoms with Crippen molar-refractivity contribution >= 4 is 12.2 Å². The molecule has 224 valence electrons. The third-order valence-corrected chi connectivity index (χ3v) is 6.66. The summed E-state index contributed by atoms with van der Waals surface area (Å²) in [7, 11) is 1.48. The number of carbonyl (C=O) groups excluding carboxylic acids is 2. The molecule has 0 bridgehead atoms. The summed E-state index contributed by atoms with van der Waals surface area (Å²) in [6.07, 6.45) is 22.9. The first kappa shape index (κ1) is 34.7. The molecule has 8 nitrogen and oxygen atoms in total. The predicted molar refractivity (Wildman–Crippen MR) is 154 cm³/mol. The molecule has 0 saturated carbocycles. The molecule has 1 heterocycles. The van der Waals surface area contributed by atoms with Gasteiger partial charge in [-0.3, -0.25) is 0 Å². The summed E-state index contributed by atoms with van der Waals surface area (Å²) in [6, 6.07) is 5.72. The van der Waals surface area contributed by atoms with Gasteiger partial charge in [0.15, 0.2) is 31.6 Å². The molecular weight excluding hydrogens is 496 g/mol. The number of pyridine rings is 1. The molecule has 8 heteroatoms. The van der Waals surface area contributed by atoms with Crippen LogP contribution < -0.4 is 9.88 Å². The maximum absolute atomic E-state index is 11.9. The Morgan fingerprint density at radius 2 is 1.23 bits per heavy atom. The van der Waals surface area contributed by atoms with Crippen LogP contribution in [0.5, 0.6) is 0 Å². The van der Waals surface area contributed by atoms with Gasteiger partial charge in [-0.25, -0.2) is 14.2 Å². The first-order valence-corrected chi connectivity index (χ1v) is 15.4. The molecule has 0 fully saturated rings.